The Hall–Kier alpha value is -3.01. The summed E-state index contributed by atoms with van der Waals surface area (Å²) < 4.78 is 15.6. The maximum absolute atomic E-state index is 12.6. The molecule has 0 unspecified atom stereocenters. The molecule has 10 heteroatoms. The van der Waals surface area contributed by atoms with Crippen LogP contribution in [-0.2, 0) is 15.9 Å². The van der Waals surface area contributed by atoms with Crippen LogP contribution in [-0.4, -0.2) is 33.7 Å². The lowest BCUT2D eigenvalue weighted by Crippen LogP contribution is -2.18. The number of thiophene rings is 1. The zero-order chi connectivity index (χ0) is 21.3. The summed E-state index contributed by atoms with van der Waals surface area (Å²) in [6.45, 7) is 8.70. The van der Waals surface area contributed by atoms with Gasteiger partial charge in [0.25, 0.3) is 5.56 Å². The van der Waals surface area contributed by atoms with Crippen LogP contribution in [0.5, 0.6) is 0 Å². The van der Waals surface area contributed by atoms with E-state index < -0.39 is 23.6 Å². The predicted octanol–water partition coefficient (Wildman–Crippen LogP) is 3.25. The summed E-state index contributed by atoms with van der Waals surface area (Å²) in [5.74, 6) is -0.558. The molecule has 0 amide bonds. The van der Waals surface area contributed by atoms with E-state index in [-0.39, 0.29) is 18.0 Å². The van der Waals surface area contributed by atoms with Crippen LogP contribution in [0.3, 0.4) is 0 Å². The summed E-state index contributed by atoms with van der Waals surface area (Å²) in [6.07, 6.45) is -0.311. The summed E-state index contributed by atoms with van der Waals surface area (Å²) in [7, 11) is 0. The molecule has 0 saturated carbocycles. The Morgan fingerprint density at radius 3 is 2.62 bits per heavy atom. The Balaban J connectivity index is 1.93. The highest BCUT2D eigenvalue weighted by Crippen LogP contribution is 2.29. The van der Waals surface area contributed by atoms with Gasteiger partial charge in [0, 0.05) is 0 Å². The quantitative estimate of drug-likeness (QED) is 0.604. The molecule has 154 valence electrons. The van der Waals surface area contributed by atoms with E-state index in [9.17, 15) is 14.4 Å². The Morgan fingerprint density at radius 2 is 1.97 bits per heavy atom. The number of nitrogens with one attached hydrogen (secondary N) is 1. The second-order valence-electron chi connectivity index (χ2n) is 6.37. The summed E-state index contributed by atoms with van der Waals surface area (Å²) in [5, 5.41) is 4.17. The van der Waals surface area contributed by atoms with Crippen LogP contribution in [0.1, 0.15) is 69.7 Å². The lowest BCUT2D eigenvalue weighted by atomic mass is 10.1. The van der Waals surface area contributed by atoms with Crippen molar-refractivity contribution in [2.24, 2.45) is 0 Å². The van der Waals surface area contributed by atoms with E-state index in [1.807, 2.05) is 6.92 Å². The first-order valence-electron chi connectivity index (χ1n) is 9.14. The van der Waals surface area contributed by atoms with Gasteiger partial charge in [0.1, 0.15) is 21.0 Å². The van der Waals surface area contributed by atoms with Crippen molar-refractivity contribution in [2.45, 2.75) is 47.1 Å². The third-order valence-corrected chi connectivity index (χ3v) is 5.59. The second kappa shape index (κ2) is 8.16. The van der Waals surface area contributed by atoms with Crippen molar-refractivity contribution in [1.29, 1.82) is 0 Å². The second-order valence-corrected chi connectivity index (χ2v) is 7.37. The van der Waals surface area contributed by atoms with Crippen molar-refractivity contribution in [3.05, 3.63) is 43.6 Å². The molecule has 29 heavy (non-hydrogen) atoms. The molecule has 0 aliphatic heterocycles. The third-order valence-electron chi connectivity index (χ3n) is 4.42. The number of ether oxygens (including phenoxy) is 2. The molecule has 3 rings (SSSR count). The van der Waals surface area contributed by atoms with Crippen molar-refractivity contribution in [2.75, 3.05) is 6.61 Å². The van der Waals surface area contributed by atoms with Crippen LogP contribution >= 0.6 is 11.3 Å². The Kier molecular flexibility index (Phi) is 5.83. The summed E-state index contributed by atoms with van der Waals surface area (Å²) in [6, 6.07) is 0. The third kappa shape index (κ3) is 3.80. The van der Waals surface area contributed by atoms with Gasteiger partial charge < -0.3 is 19.0 Å². The minimum absolute atomic E-state index is 0.180. The van der Waals surface area contributed by atoms with Crippen LogP contribution in [0.2, 0.25) is 0 Å². The number of nitrogens with zero attached hydrogens (tertiary/aromatic N) is 2. The molecule has 3 aromatic heterocycles. The van der Waals surface area contributed by atoms with Gasteiger partial charge in [-0.15, -0.1) is 11.3 Å². The molecular formula is C19H21N3O6S. The number of aromatic amines is 1. The van der Waals surface area contributed by atoms with E-state index >= 15 is 0 Å². The lowest BCUT2D eigenvalue weighted by Gasteiger charge is -2.12. The number of carbonyl (C=O) groups excluding carboxylic acids is 2. The minimum atomic E-state index is -0.827. The fraction of sp³-hybridized carbons (Fsp3) is 0.421. The van der Waals surface area contributed by atoms with Gasteiger partial charge in [-0.05, 0) is 39.7 Å². The van der Waals surface area contributed by atoms with Crippen LogP contribution in [0.15, 0.2) is 9.32 Å². The molecule has 0 saturated heterocycles. The molecule has 0 aliphatic carbocycles. The number of fused-ring (bicyclic) bond motifs is 1. The van der Waals surface area contributed by atoms with Crippen molar-refractivity contribution >= 4 is 33.5 Å². The molecule has 0 aromatic carbocycles. The van der Waals surface area contributed by atoms with Crippen LogP contribution in [0, 0.1) is 13.8 Å². The molecule has 0 spiro atoms. The number of aromatic nitrogens is 3. The smallest absolute Gasteiger partial charge is 0.348 e. The van der Waals surface area contributed by atoms with Gasteiger partial charge in [0.15, 0.2) is 11.9 Å². The lowest BCUT2D eigenvalue weighted by molar-refractivity contribution is 0.0316. The van der Waals surface area contributed by atoms with E-state index in [0.717, 1.165) is 11.3 Å². The minimum Gasteiger partial charge on any atom is -0.462 e. The first-order chi connectivity index (χ1) is 13.8. The normalized spacial score (nSPS) is 12.2. The summed E-state index contributed by atoms with van der Waals surface area (Å²) in [5.41, 5.74) is 0.887. The molecule has 0 fully saturated rings. The van der Waals surface area contributed by atoms with E-state index in [0.29, 0.717) is 38.5 Å². The highest BCUT2D eigenvalue weighted by atomic mass is 32.1. The Morgan fingerprint density at radius 1 is 1.24 bits per heavy atom. The molecule has 1 atom stereocenters. The summed E-state index contributed by atoms with van der Waals surface area (Å²) in [4.78, 5) is 45.0. The molecule has 3 aromatic rings. The number of H-pyrrole nitrogens is 1. The monoisotopic (exact) mass is 419 g/mol. The van der Waals surface area contributed by atoms with Gasteiger partial charge in [0.05, 0.1) is 17.7 Å². The van der Waals surface area contributed by atoms with Gasteiger partial charge in [0.2, 0.25) is 0 Å². The van der Waals surface area contributed by atoms with Crippen molar-refractivity contribution in [3.8, 4) is 0 Å². The maximum atomic E-state index is 12.6. The van der Waals surface area contributed by atoms with Gasteiger partial charge >= 0.3 is 11.9 Å². The molecule has 0 aliphatic rings. The SMILES string of the molecule is CCOC(=O)c1sc2nc([C@@H](C)OC(=O)c3c(CC)noc3C)[nH]c(=O)c2c1C. The van der Waals surface area contributed by atoms with E-state index in [1.165, 1.54) is 0 Å². The zero-order valence-corrected chi connectivity index (χ0v) is 17.6. The van der Waals surface area contributed by atoms with Crippen molar-refractivity contribution in [3.63, 3.8) is 0 Å². The number of aryl methyl sites for hydroxylation is 3. The zero-order valence-electron chi connectivity index (χ0n) is 16.7. The molecule has 9 nitrogen and oxygen atoms in total. The Bertz CT molecular complexity index is 1140. The van der Waals surface area contributed by atoms with Gasteiger partial charge in [-0.1, -0.05) is 12.1 Å². The van der Waals surface area contributed by atoms with Crippen molar-refractivity contribution < 1.29 is 23.6 Å². The van der Waals surface area contributed by atoms with E-state index in [4.69, 9.17) is 14.0 Å². The van der Waals surface area contributed by atoms with Gasteiger partial charge in [-0.2, -0.15) is 0 Å². The number of hydrogen-bond acceptors (Lipinski definition) is 9. The molecule has 0 radical (unpaired) electrons. The number of esters is 2. The maximum Gasteiger partial charge on any atom is 0.348 e. The molecular weight excluding hydrogens is 398 g/mol. The largest absolute Gasteiger partial charge is 0.462 e. The standard InChI is InChI=1S/C19H21N3O6S/c1-6-11-13(9(4)28-22-11)18(24)27-10(5)15-20-16(23)12-8(3)14(19(25)26-7-2)29-17(12)21-15/h10H,6-7H2,1-5H3,(H,20,21,23)/t10-/m1/s1. The van der Waals surface area contributed by atoms with Crippen molar-refractivity contribution in [1.82, 2.24) is 15.1 Å². The first-order valence-corrected chi connectivity index (χ1v) is 9.96. The van der Waals surface area contributed by atoms with E-state index in [2.05, 4.69) is 15.1 Å². The number of rotatable bonds is 6. The highest BCUT2D eigenvalue weighted by molar-refractivity contribution is 7.20. The van der Waals surface area contributed by atoms with Crippen LogP contribution in [0.4, 0.5) is 0 Å². The summed E-state index contributed by atoms with van der Waals surface area (Å²) >= 11 is 1.07. The average Bonchev–Trinajstić information content (AvgIpc) is 3.21. The predicted molar refractivity (Wildman–Crippen MR) is 105 cm³/mol. The number of carbonyl (C=O) groups is 2. The fourth-order valence-corrected chi connectivity index (χ4v) is 4.02. The van der Waals surface area contributed by atoms with Gasteiger partial charge in [-0.3, -0.25) is 4.79 Å². The van der Waals surface area contributed by atoms with Crippen LogP contribution in [0.25, 0.3) is 10.2 Å². The fourth-order valence-electron chi connectivity index (χ4n) is 2.94. The average molecular weight is 419 g/mol. The highest BCUT2D eigenvalue weighted by Gasteiger charge is 2.25. The molecule has 3 heterocycles. The topological polar surface area (TPSA) is 124 Å². The van der Waals surface area contributed by atoms with Crippen LogP contribution < -0.4 is 5.56 Å². The van der Waals surface area contributed by atoms with E-state index in [1.54, 1.807) is 27.7 Å². The first kappa shape index (κ1) is 20.7. The molecule has 0 bridgehead atoms. The number of hydrogen-bond donors (Lipinski definition) is 1. The molecule has 1 N–H and O–H groups in total. The van der Waals surface area contributed by atoms with Gasteiger partial charge in [-0.25, -0.2) is 14.6 Å². The Labute approximate surface area is 170 Å².